The molecule has 1 aromatic heterocycles. The van der Waals surface area contributed by atoms with Crippen molar-refractivity contribution in [1.29, 1.82) is 0 Å². The molecule has 2 heterocycles. The van der Waals surface area contributed by atoms with E-state index in [1.807, 2.05) is 25.1 Å². The van der Waals surface area contributed by atoms with Gasteiger partial charge in [0.25, 0.3) is 5.89 Å². The topological polar surface area (TPSA) is 94.8 Å². The van der Waals surface area contributed by atoms with Gasteiger partial charge >= 0.3 is 5.97 Å². The van der Waals surface area contributed by atoms with Crippen molar-refractivity contribution in [3.8, 4) is 17.1 Å². The van der Waals surface area contributed by atoms with Crippen molar-refractivity contribution in [3.05, 3.63) is 30.2 Å². The summed E-state index contributed by atoms with van der Waals surface area (Å²) in [6, 6.07) is 7.32. The molecule has 144 valence electrons. The molecular formula is C19H23N3O5. The van der Waals surface area contributed by atoms with Crippen LogP contribution in [0.15, 0.2) is 28.8 Å². The Morgan fingerprint density at radius 3 is 2.93 bits per heavy atom. The standard InChI is InChI=1S/C19H23N3O5/c1-3-17(23)22-10-6-7-13(11-22)19(24)26-12-16-20-18(21-27-16)14-8-4-5-9-15(14)25-2/h4-5,8-9,13H,3,6-7,10-12H2,1-2H3. The highest BCUT2D eigenvalue weighted by molar-refractivity contribution is 5.78. The molecule has 1 aliphatic heterocycles. The van der Waals surface area contributed by atoms with Gasteiger partial charge in [0, 0.05) is 19.5 Å². The van der Waals surface area contributed by atoms with Gasteiger partial charge in [0.2, 0.25) is 11.7 Å². The Balaban J connectivity index is 1.58. The van der Waals surface area contributed by atoms with E-state index in [2.05, 4.69) is 10.1 Å². The maximum Gasteiger partial charge on any atom is 0.311 e. The number of nitrogens with zero attached hydrogens (tertiary/aromatic N) is 3. The normalized spacial score (nSPS) is 16.8. The number of hydrogen-bond acceptors (Lipinski definition) is 7. The van der Waals surface area contributed by atoms with E-state index in [1.165, 1.54) is 0 Å². The zero-order valence-corrected chi connectivity index (χ0v) is 15.5. The van der Waals surface area contributed by atoms with Crippen LogP contribution in [0, 0.1) is 5.92 Å². The molecule has 8 nitrogen and oxygen atoms in total. The van der Waals surface area contributed by atoms with E-state index in [0.29, 0.717) is 43.1 Å². The Morgan fingerprint density at radius 1 is 1.33 bits per heavy atom. The lowest BCUT2D eigenvalue weighted by molar-refractivity contribution is -0.153. The van der Waals surface area contributed by atoms with Crippen LogP contribution in [0.4, 0.5) is 0 Å². The molecule has 1 unspecified atom stereocenters. The third-order valence-electron chi connectivity index (χ3n) is 4.56. The van der Waals surface area contributed by atoms with Crippen molar-refractivity contribution in [1.82, 2.24) is 15.0 Å². The van der Waals surface area contributed by atoms with Gasteiger partial charge in [-0.05, 0) is 25.0 Å². The fraction of sp³-hybridized carbons (Fsp3) is 0.474. The van der Waals surface area contributed by atoms with Crippen molar-refractivity contribution in [3.63, 3.8) is 0 Å². The van der Waals surface area contributed by atoms with Crippen LogP contribution in [0.5, 0.6) is 5.75 Å². The maximum absolute atomic E-state index is 12.3. The molecule has 1 fully saturated rings. The second-order valence-corrected chi connectivity index (χ2v) is 6.35. The Morgan fingerprint density at radius 2 is 2.15 bits per heavy atom. The molecule has 0 aliphatic carbocycles. The van der Waals surface area contributed by atoms with Crippen LogP contribution in [0.3, 0.4) is 0 Å². The number of rotatable bonds is 6. The fourth-order valence-electron chi connectivity index (χ4n) is 3.12. The molecule has 1 aliphatic rings. The number of para-hydroxylation sites is 1. The van der Waals surface area contributed by atoms with E-state index in [1.54, 1.807) is 18.1 Å². The van der Waals surface area contributed by atoms with Gasteiger partial charge < -0.3 is 18.9 Å². The average molecular weight is 373 g/mol. The van der Waals surface area contributed by atoms with Crippen LogP contribution >= 0.6 is 0 Å². The van der Waals surface area contributed by atoms with E-state index < -0.39 is 0 Å². The Kier molecular flexibility index (Phi) is 6.05. The first-order chi connectivity index (χ1) is 13.1. The van der Waals surface area contributed by atoms with E-state index in [4.69, 9.17) is 14.0 Å². The highest BCUT2D eigenvalue weighted by Crippen LogP contribution is 2.27. The van der Waals surface area contributed by atoms with Crippen LogP contribution < -0.4 is 4.74 Å². The number of carbonyl (C=O) groups is 2. The van der Waals surface area contributed by atoms with Crippen LogP contribution in [0.1, 0.15) is 32.1 Å². The van der Waals surface area contributed by atoms with Crippen molar-refractivity contribution in [2.45, 2.75) is 32.8 Å². The van der Waals surface area contributed by atoms with Gasteiger partial charge in [-0.15, -0.1) is 0 Å². The van der Waals surface area contributed by atoms with E-state index >= 15 is 0 Å². The van der Waals surface area contributed by atoms with E-state index in [9.17, 15) is 9.59 Å². The lowest BCUT2D eigenvalue weighted by Crippen LogP contribution is -2.42. The predicted molar refractivity (Wildman–Crippen MR) is 95.7 cm³/mol. The van der Waals surface area contributed by atoms with Crippen molar-refractivity contribution < 1.29 is 23.6 Å². The van der Waals surface area contributed by atoms with Gasteiger partial charge in [0.1, 0.15) is 5.75 Å². The molecule has 1 atom stereocenters. The first-order valence-electron chi connectivity index (χ1n) is 9.02. The number of benzene rings is 1. The predicted octanol–water partition coefficient (Wildman–Crippen LogP) is 2.44. The number of methoxy groups -OCH3 is 1. The third kappa shape index (κ3) is 4.45. The summed E-state index contributed by atoms with van der Waals surface area (Å²) in [6.07, 6.45) is 1.95. The molecular weight excluding hydrogens is 350 g/mol. The summed E-state index contributed by atoms with van der Waals surface area (Å²) in [5, 5.41) is 3.92. The number of ether oxygens (including phenoxy) is 2. The quantitative estimate of drug-likeness (QED) is 0.718. The molecule has 0 bridgehead atoms. The minimum atomic E-state index is -0.347. The number of hydrogen-bond donors (Lipinski definition) is 0. The van der Waals surface area contributed by atoms with Gasteiger partial charge in [-0.1, -0.05) is 24.2 Å². The molecule has 8 heteroatoms. The Labute approximate surface area is 157 Å². The smallest absolute Gasteiger partial charge is 0.311 e. The Hall–Kier alpha value is -2.90. The molecule has 2 aromatic rings. The van der Waals surface area contributed by atoms with Crippen LogP contribution in [-0.2, 0) is 20.9 Å². The molecule has 0 saturated carbocycles. The maximum atomic E-state index is 12.3. The molecule has 3 rings (SSSR count). The summed E-state index contributed by atoms with van der Waals surface area (Å²) >= 11 is 0. The second kappa shape index (κ2) is 8.66. The average Bonchev–Trinajstić information content (AvgIpc) is 3.20. The largest absolute Gasteiger partial charge is 0.496 e. The monoisotopic (exact) mass is 373 g/mol. The van der Waals surface area contributed by atoms with Gasteiger partial charge in [-0.3, -0.25) is 9.59 Å². The molecule has 1 amide bonds. The molecule has 27 heavy (non-hydrogen) atoms. The summed E-state index contributed by atoms with van der Waals surface area (Å²) in [7, 11) is 1.57. The van der Waals surface area contributed by atoms with Gasteiger partial charge in [-0.25, -0.2) is 0 Å². The number of esters is 1. The zero-order chi connectivity index (χ0) is 19.2. The summed E-state index contributed by atoms with van der Waals surface area (Å²) < 4.78 is 15.8. The summed E-state index contributed by atoms with van der Waals surface area (Å²) in [6.45, 7) is 2.82. The molecule has 1 aromatic carbocycles. The van der Waals surface area contributed by atoms with Crippen molar-refractivity contribution in [2.75, 3.05) is 20.2 Å². The third-order valence-corrected chi connectivity index (χ3v) is 4.56. The highest BCUT2D eigenvalue weighted by Gasteiger charge is 2.29. The number of piperidine rings is 1. The molecule has 0 radical (unpaired) electrons. The number of carbonyl (C=O) groups excluding carboxylic acids is 2. The number of likely N-dealkylation sites (tertiary alicyclic amines) is 1. The summed E-state index contributed by atoms with van der Waals surface area (Å²) in [5.41, 5.74) is 0.697. The fourth-order valence-corrected chi connectivity index (χ4v) is 3.12. The SMILES string of the molecule is CCC(=O)N1CCCC(C(=O)OCc2nc(-c3ccccc3OC)no2)C1. The highest BCUT2D eigenvalue weighted by atomic mass is 16.6. The van der Waals surface area contributed by atoms with Gasteiger partial charge in [0.15, 0.2) is 6.61 Å². The summed E-state index contributed by atoms with van der Waals surface area (Å²) in [5.74, 6) is 0.611. The first-order valence-corrected chi connectivity index (χ1v) is 9.02. The molecule has 1 saturated heterocycles. The lowest BCUT2D eigenvalue weighted by Gasteiger charge is -2.31. The van der Waals surface area contributed by atoms with Crippen LogP contribution in [0.2, 0.25) is 0 Å². The van der Waals surface area contributed by atoms with Crippen LogP contribution in [0.25, 0.3) is 11.4 Å². The molecule has 0 spiro atoms. The van der Waals surface area contributed by atoms with Crippen molar-refractivity contribution >= 4 is 11.9 Å². The Bertz CT molecular complexity index is 804. The van der Waals surface area contributed by atoms with Gasteiger partial charge in [0.05, 0.1) is 18.6 Å². The van der Waals surface area contributed by atoms with E-state index in [0.717, 1.165) is 6.42 Å². The van der Waals surface area contributed by atoms with Crippen LogP contribution in [-0.4, -0.2) is 47.1 Å². The number of amides is 1. The molecule has 0 N–H and O–H groups in total. The zero-order valence-electron chi connectivity index (χ0n) is 15.5. The number of aromatic nitrogens is 2. The summed E-state index contributed by atoms with van der Waals surface area (Å²) in [4.78, 5) is 30.2. The second-order valence-electron chi connectivity index (χ2n) is 6.35. The first kappa shape index (κ1) is 18.9. The van der Waals surface area contributed by atoms with E-state index in [-0.39, 0.29) is 30.3 Å². The van der Waals surface area contributed by atoms with Crippen molar-refractivity contribution in [2.24, 2.45) is 5.92 Å². The minimum absolute atomic E-state index is 0.0610. The minimum Gasteiger partial charge on any atom is -0.496 e. The van der Waals surface area contributed by atoms with Gasteiger partial charge in [-0.2, -0.15) is 4.98 Å². The lowest BCUT2D eigenvalue weighted by atomic mass is 9.98.